The maximum Gasteiger partial charge on any atom is 0.356 e. The molecule has 27 heavy (non-hydrogen) atoms. The number of benzene rings is 2. The molecule has 4 rings (SSSR count). The molecule has 0 spiro atoms. The Labute approximate surface area is 153 Å². The zero-order chi connectivity index (χ0) is 18.8. The molecule has 0 aliphatic heterocycles. The van der Waals surface area contributed by atoms with Crippen LogP contribution in [0.25, 0.3) is 28.5 Å². The van der Waals surface area contributed by atoms with Crippen molar-refractivity contribution in [3.8, 4) is 28.5 Å². The van der Waals surface area contributed by atoms with Crippen molar-refractivity contribution < 1.29 is 14.3 Å². The van der Waals surface area contributed by atoms with Crippen LogP contribution in [-0.2, 0) is 0 Å². The Morgan fingerprint density at radius 1 is 0.926 bits per heavy atom. The van der Waals surface area contributed by atoms with E-state index in [0.29, 0.717) is 22.9 Å². The van der Waals surface area contributed by atoms with E-state index in [1.807, 2.05) is 30.3 Å². The fraction of sp³-hybridized carbons (Fsp3) is 0. The smallest absolute Gasteiger partial charge is 0.356 e. The third kappa shape index (κ3) is 3.43. The molecule has 0 bridgehead atoms. The van der Waals surface area contributed by atoms with Crippen LogP contribution in [0, 0.1) is 5.82 Å². The van der Waals surface area contributed by atoms with Crippen LogP contribution >= 0.6 is 0 Å². The van der Waals surface area contributed by atoms with Crippen molar-refractivity contribution in [3.05, 3.63) is 84.4 Å². The van der Waals surface area contributed by atoms with E-state index >= 15 is 0 Å². The van der Waals surface area contributed by atoms with Crippen LogP contribution in [-0.4, -0.2) is 30.8 Å². The summed E-state index contributed by atoms with van der Waals surface area (Å²) in [5.41, 5.74) is 1.89. The molecule has 6 nitrogen and oxygen atoms in total. The molecule has 1 N–H and O–H groups in total. The van der Waals surface area contributed by atoms with E-state index in [-0.39, 0.29) is 5.69 Å². The Balaban J connectivity index is 1.90. The van der Waals surface area contributed by atoms with Gasteiger partial charge >= 0.3 is 5.97 Å². The Morgan fingerprint density at radius 2 is 1.70 bits per heavy atom. The standard InChI is InChI=1S/C20H13FN4O2/c21-15-8-4-7-14(11-15)19-22-17(13-5-2-1-3-6-13)12-18(23-19)25-10-9-16(24-25)20(26)27/h1-12H,(H,26,27). The number of hydrogen-bond donors (Lipinski definition) is 1. The number of carbonyl (C=O) groups is 1. The van der Waals surface area contributed by atoms with Crippen molar-refractivity contribution >= 4 is 5.97 Å². The van der Waals surface area contributed by atoms with E-state index in [1.54, 1.807) is 18.2 Å². The second kappa shape index (κ2) is 6.80. The number of halogens is 1. The first-order chi connectivity index (χ1) is 13.1. The van der Waals surface area contributed by atoms with E-state index in [4.69, 9.17) is 5.11 Å². The minimum absolute atomic E-state index is 0.0952. The predicted octanol–water partition coefficient (Wildman–Crippen LogP) is 3.83. The van der Waals surface area contributed by atoms with Gasteiger partial charge in [0, 0.05) is 23.4 Å². The van der Waals surface area contributed by atoms with Crippen LogP contribution in [0.4, 0.5) is 4.39 Å². The highest BCUT2D eigenvalue weighted by Gasteiger charge is 2.13. The van der Waals surface area contributed by atoms with Gasteiger partial charge in [-0.2, -0.15) is 5.10 Å². The van der Waals surface area contributed by atoms with Crippen LogP contribution in [0.5, 0.6) is 0 Å². The van der Waals surface area contributed by atoms with Crippen LogP contribution in [0.3, 0.4) is 0 Å². The highest BCUT2D eigenvalue weighted by Crippen LogP contribution is 2.24. The Bertz CT molecular complexity index is 1130. The van der Waals surface area contributed by atoms with Gasteiger partial charge in [0.1, 0.15) is 5.82 Å². The summed E-state index contributed by atoms with van der Waals surface area (Å²) in [4.78, 5) is 20.1. The molecule has 0 atom stereocenters. The first kappa shape index (κ1) is 16.6. The molecule has 0 aliphatic rings. The number of nitrogens with zero attached hydrogens (tertiary/aromatic N) is 4. The molecule has 0 aliphatic carbocycles. The summed E-state index contributed by atoms with van der Waals surface area (Å²) in [7, 11) is 0. The minimum Gasteiger partial charge on any atom is -0.476 e. The first-order valence-electron chi connectivity index (χ1n) is 8.10. The highest BCUT2D eigenvalue weighted by molar-refractivity contribution is 5.85. The van der Waals surface area contributed by atoms with E-state index in [9.17, 15) is 9.18 Å². The van der Waals surface area contributed by atoms with Gasteiger partial charge < -0.3 is 5.11 Å². The number of hydrogen-bond acceptors (Lipinski definition) is 4. The predicted molar refractivity (Wildman–Crippen MR) is 96.9 cm³/mol. The summed E-state index contributed by atoms with van der Waals surface area (Å²) < 4.78 is 15.0. The lowest BCUT2D eigenvalue weighted by Gasteiger charge is -2.09. The lowest BCUT2D eigenvalue weighted by Crippen LogP contribution is -2.05. The molecular weight excluding hydrogens is 347 g/mol. The van der Waals surface area contributed by atoms with Gasteiger partial charge in [0.25, 0.3) is 0 Å². The zero-order valence-corrected chi connectivity index (χ0v) is 14.0. The summed E-state index contributed by atoms with van der Waals surface area (Å²) in [5.74, 6) is -0.819. The maximum absolute atomic E-state index is 13.7. The maximum atomic E-state index is 13.7. The van der Waals surface area contributed by atoms with Gasteiger partial charge in [-0.1, -0.05) is 42.5 Å². The molecule has 4 aromatic rings. The molecule has 2 heterocycles. The fourth-order valence-corrected chi connectivity index (χ4v) is 2.63. The Hall–Kier alpha value is -3.87. The Kier molecular flexibility index (Phi) is 4.18. The second-order valence-electron chi connectivity index (χ2n) is 5.76. The molecule has 132 valence electrons. The van der Waals surface area contributed by atoms with Gasteiger partial charge in [-0.25, -0.2) is 23.8 Å². The Morgan fingerprint density at radius 3 is 2.41 bits per heavy atom. The summed E-state index contributed by atoms with van der Waals surface area (Å²) >= 11 is 0. The number of aromatic nitrogens is 4. The lowest BCUT2D eigenvalue weighted by atomic mass is 10.1. The van der Waals surface area contributed by atoms with Crippen LogP contribution < -0.4 is 0 Å². The molecule has 0 unspecified atom stereocenters. The SMILES string of the molecule is O=C(O)c1ccn(-c2cc(-c3ccccc3)nc(-c3cccc(F)c3)n2)n1. The largest absolute Gasteiger partial charge is 0.476 e. The zero-order valence-electron chi connectivity index (χ0n) is 14.0. The molecule has 0 saturated carbocycles. The minimum atomic E-state index is -1.13. The van der Waals surface area contributed by atoms with E-state index in [1.165, 1.54) is 29.1 Å². The van der Waals surface area contributed by atoms with Crippen molar-refractivity contribution in [1.82, 2.24) is 19.7 Å². The average Bonchev–Trinajstić information content (AvgIpc) is 3.19. The van der Waals surface area contributed by atoms with Gasteiger partial charge in [0.05, 0.1) is 5.69 Å². The van der Waals surface area contributed by atoms with Crippen molar-refractivity contribution in [1.29, 1.82) is 0 Å². The molecular formula is C20H13FN4O2. The van der Waals surface area contributed by atoms with Crippen molar-refractivity contribution in [2.24, 2.45) is 0 Å². The quantitative estimate of drug-likeness (QED) is 0.598. The summed E-state index contributed by atoms with van der Waals surface area (Å²) in [6, 6.07) is 18.5. The fourth-order valence-electron chi connectivity index (χ4n) is 2.63. The molecule has 0 fully saturated rings. The average molecular weight is 360 g/mol. The van der Waals surface area contributed by atoms with E-state index in [0.717, 1.165) is 5.56 Å². The van der Waals surface area contributed by atoms with E-state index < -0.39 is 11.8 Å². The van der Waals surface area contributed by atoms with Crippen molar-refractivity contribution in [2.45, 2.75) is 0 Å². The third-order valence-corrected chi connectivity index (χ3v) is 3.91. The second-order valence-corrected chi connectivity index (χ2v) is 5.76. The van der Waals surface area contributed by atoms with Crippen LogP contribution in [0.15, 0.2) is 72.9 Å². The van der Waals surface area contributed by atoms with Crippen molar-refractivity contribution in [3.63, 3.8) is 0 Å². The van der Waals surface area contributed by atoms with Gasteiger partial charge in [-0.15, -0.1) is 0 Å². The lowest BCUT2D eigenvalue weighted by molar-refractivity contribution is 0.0690. The molecule has 2 aromatic carbocycles. The summed E-state index contributed by atoms with van der Waals surface area (Å²) in [6.07, 6.45) is 1.51. The van der Waals surface area contributed by atoms with Crippen molar-refractivity contribution in [2.75, 3.05) is 0 Å². The molecule has 2 aromatic heterocycles. The normalized spacial score (nSPS) is 10.7. The van der Waals surface area contributed by atoms with Gasteiger partial charge in [0.15, 0.2) is 17.3 Å². The third-order valence-electron chi connectivity index (χ3n) is 3.91. The molecule has 0 radical (unpaired) electrons. The van der Waals surface area contributed by atoms with Gasteiger partial charge in [-0.3, -0.25) is 0 Å². The summed E-state index contributed by atoms with van der Waals surface area (Å²) in [5, 5.41) is 13.1. The number of carboxylic acids is 1. The number of aromatic carboxylic acids is 1. The van der Waals surface area contributed by atoms with E-state index in [2.05, 4.69) is 15.1 Å². The van der Waals surface area contributed by atoms with Gasteiger partial charge in [-0.05, 0) is 18.2 Å². The summed E-state index contributed by atoms with van der Waals surface area (Å²) in [6.45, 7) is 0. The highest BCUT2D eigenvalue weighted by atomic mass is 19.1. The topological polar surface area (TPSA) is 80.9 Å². The number of rotatable bonds is 4. The monoisotopic (exact) mass is 360 g/mol. The molecule has 0 saturated heterocycles. The van der Waals surface area contributed by atoms with Crippen LogP contribution in [0.2, 0.25) is 0 Å². The van der Waals surface area contributed by atoms with Crippen LogP contribution in [0.1, 0.15) is 10.5 Å². The van der Waals surface area contributed by atoms with Gasteiger partial charge in [0.2, 0.25) is 0 Å². The molecule has 7 heteroatoms. The first-order valence-corrected chi connectivity index (χ1v) is 8.10. The molecule has 0 amide bonds. The number of carboxylic acid groups (broad SMARTS) is 1.